The molecule has 88 valence electrons. The van der Waals surface area contributed by atoms with E-state index in [1.807, 2.05) is 0 Å². The highest BCUT2D eigenvalue weighted by atomic mass is 15.0. The second-order valence-corrected chi connectivity index (χ2v) is 5.45. The van der Waals surface area contributed by atoms with Crippen LogP contribution < -0.4 is 5.32 Å². The van der Waals surface area contributed by atoms with E-state index in [4.69, 9.17) is 0 Å². The molecule has 1 N–H and O–H groups in total. The van der Waals surface area contributed by atoms with Crippen LogP contribution in [0.2, 0.25) is 0 Å². The van der Waals surface area contributed by atoms with E-state index in [2.05, 4.69) is 54.7 Å². The largest absolute Gasteiger partial charge is 0.307 e. The van der Waals surface area contributed by atoms with Gasteiger partial charge in [-0.15, -0.1) is 0 Å². The average molecular weight is 225 g/mol. The van der Waals surface area contributed by atoms with E-state index in [0.717, 1.165) is 6.54 Å². The molecule has 0 heterocycles. The van der Waals surface area contributed by atoms with E-state index < -0.39 is 0 Å². The maximum absolute atomic E-state index is 3.68. The first-order chi connectivity index (χ1) is 8.25. The van der Waals surface area contributed by atoms with Crippen LogP contribution in [0.4, 0.5) is 0 Å². The highest BCUT2D eigenvalue weighted by Gasteiger charge is 2.30. The third-order valence-corrected chi connectivity index (χ3v) is 3.99. The molecule has 1 saturated carbocycles. The zero-order valence-electron chi connectivity index (χ0n) is 10.4. The molecule has 0 atom stereocenters. The lowest BCUT2D eigenvalue weighted by Crippen LogP contribution is -2.47. The SMILES string of the molecule is CC1(NCc2ccc3ccccc3c2)CCC1. The van der Waals surface area contributed by atoms with Crippen LogP contribution in [0.1, 0.15) is 31.7 Å². The number of hydrogen-bond donors (Lipinski definition) is 1. The summed E-state index contributed by atoms with van der Waals surface area (Å²) in [6, 6.07) is 15.3. The molecule has 0 aliphatic heterocycles. The highest BCUT2D eigenvalue weighted by Crippen LogP contribution is 2.31. The van der Waals surface area contributed by atoms with Gasteiger partial charge in [0.05, 0.1) is 0 Å². The molecule has 0 amide bonds. The van der Waals surface area contributed by atoms with Crippen molar-refractivity contribution < 1.29 is 0 Å². The topological polar surface area (TPSA) is 12.0 Å². The average Bonchev–Trinajstić information content (AvgIpc) is 2.34. The molecule has 0 spiro atoms. The summed E-state index contributed by atoms with van der Waals surface area (Å²) in [5.74, 6) is 0. The third-order valence-electron chi connectivity index (χ3n) is 3.99. The zero-order valence-corrected chi connectivity index (χ0v) is 10.4. The Labute approximate surface area is 103 Å². The molecular weight excluding hydrogens is 206 g/mol. The Morgan fingerprint density at radius 3 is 2.53 bits per heavy atom. The van der Waals surface area contributed by atoms with Crippen LogP contribution in [0.3, 0.4) is 0 Å². The number of hydrogen-bond acceptors (Lipinski definition) is 1. The lowest BCUT2D eigenvalue weighted by molar-refractivity contribution is 0.207. The van der Waals surface area contributed by atoms with Gasteiger partial charge >= 0.3 is 0 Å². The van der Waals surface area contributed by atoms with Gasteiger partial charge in [0.25, 0.3) is 0 Å². The zero-order chi connectivity index (χ0) is 11.7. The van der Waals surface area contributed by atoms with Crippen molar-refractivity contribution in [3.05, 3.63) is 48.0 Å². The molecule has 0 radical (unpaired) electrons. The Bertz CT molecular complexity index is 526. The first kappa shape index (κ1) is 10.8. The van der Waals surface area contributed by atoms with E-state index >= 15 is 0 Å². The molecule has 1 fully saturated rings. The Balaban J connectivity index is 1.76. The van der Waals surface area contributed by atoms with Crippen LogP contribution in [0.5, 0.6) is 0 Å². The fourth-order valence-corrected chi connectivity index (χ4v) is 2.55. The predicted octanol–water partition coefficient (Wildman–Crippen LogP) is 3.87. The van der Waals surface area contributed by atoms with Crippen LogP contribution in [0.25, 0.3) is 10.8 Å². The Hall–Kier alpha value is -1.34. The molecular formula is C16H19N. The quantitative estimate of drug-likeness (QED) is 0.836. The summed E-state index contributed by atoms with van der Waals surface area (Å²) in [7, 11) is 0. The molecule has 0 aromatic heterocycles. The maximum Gasteiger partial charge on any atom is 0.0210 e. The molecule has 2 aromatic rings. The van der Waals surface area contributed by atoms with Crippen molar-refractivity contribution in [2.75, 3.05) is 0 Å². The van der Waals surface area contributed by atoms with Gasteiger partial charge < -0.3 is 5.32 Å². The van der Waals surface area contributed by atoms with Gasteiger partial charge in [0.15, 0.2) is 0 Å². The summed E-state index contributed by atoms with van der Waals surface area (Å²) in [5, 5.41) is 6.34. The van der Waals surface area contributed by atoms with Crippen molar-refractivity contribution in [1.82, 2.24) is 5.32 Å². The lowest BCUT2D eigenvalue weighted by atomic mass is 9.78. The normalized spacial score (nSPS) is 17.9. The van der Waals surface area contributed by atoms with Crippen LogP contribution in [-0.4, -0.2) is 5.54 Å². The second-order valence-electron chi connectivity index (χ2n) is 5.45. The van der Waals surface area contributed by atoms with E-state index in [1.54, 1.807) is 0 Å². The van der Waals surface area contributed by atoms with Crippen LogP contribution in [0.15, 0.2) is 42.5 Å². The maximum atomic E-state index is 3.68. The predicted molar refractivity (Wildman–Crippen MR) is 73.0 cm³/mol. The van der Waals surface area contributed by atoms with Crippen molar-refractivity contribution in [2.24, 2.45) is 0 Å². The Morgan fingerprint density at radius 2 is 1.82 bits per heavy atom. The molecule has 1 aliphatic carbocycles. The summed E-state index contributed by atoms with van der Waals surface area (Å²) in [5.41, 5.74) is 1.78. The molecule has 1 heteroatoms. The summed E-state index contributed by atoms with van der Waals surface area (Å²) >= 11 is 0. The number of rotatable bonds is 3. The molecule has 0 bridgehead atoms. The minimum Gasteiger partial charge on any atom is -0.307 e. The summed E-state index contributed by atoms with van der Waals surface area (Å²) in [4.78, 5) is 0. The van der Waals surface area contributed by atoms with Crippen LogP contribution >= 0.6 is 0 Å². The molecule has 1 nitrogen and oxygen atoms in total. The van der Waals surface area contributed by atoms with Crippen molar-refractivity contribution in [3.8, 4) is 0 Å². The molecule has 3 rings (SSSR count). The Morgan fingerprint density at radius 1 is 1.06 bits per heavy atom. The van der Waals surface area contributed by atoms with Crippen molar-refractivity contribution in [2.45, 2.75) is 38.3 Å². The minimum absolute atomic E-state index is 0.394. The summed E-state index contributed by atoms with van der Waals surface area (Å²) < 4.78 is 0. The molecule has 0 saturated heterocycles. The van der Waals surface area contributed by atoms with Gasteiger partial charge in [-0.05, 0) is 48.6 Å². The third kappa shape index (κ3) is 2.20. The lowest BCUT2D eigenvalue weighted by Gasteiger charge is -2.39. The van der Waals surface area contributed by atoms with Gasteiger partial charge in [-0.25, -0.2) is 0 Å². The van der Waals surface area contributed by atoms with Crippen molar-refractivity contribution in [3.63, 3.8) is 0 Å². The first-order valence-corrected chi connectivity index (χ1v) is 6.48. The van der Waals surface area contributed by atoms with Gasteiger partial charge in [0, 0.05) is 12.1 Å². The minimum atomic E-state index is 0.394. The smallest absolute Gasteiger partial charge is 0.0210 e. The number of benzene rings is 2. The molecule has 0 unspecified atom stereocenters. The van der Waals surface area contributed by atoms with Crippen LogP contribution in [0, 0.1) is 0 Å². The summed E-state index contributed by atoms with van der Waals surface area (Å²) in [6.07, 6.45) is 4.02. The van der Waals surface area contributed by atoms with Gasteiger partial charge in [-0.3, -0.25) is 0 Å². The molecule has 2 aromatic carbocycles. The highest BCUT2D eigenvalue weighted by molar-refractivity contribution is 5.82. The van der Waals surface area contributed by atoms with Gasteiger partial charge in [0.2, 0.25) is 0 Å². The fraction of sp³-hybridized carbons (Fsp3) is 0.375. The second kappa shape index (κ2) is 4.15. The molecule has 1 aliphatic rings. The van der Waals surface area contributed by atoms with Gasteiger partial charge in [-0.1, -0.05) is 36.4 Å². The number of fused-ring (bicyclic) bond motifs is 1. The van der Waals surface area contributed by atoms with E-state index in [9.17, 15) is 0 Å². The standard InChI is InChI=1S/C16H19N/c1-16(9-4-10-16)17-12-13-7-8-14-5-2-3-6-15(14)11-13/h2-3,5-8,11,17H,4,9-10,12H2,1H3. The number of nitrogens with one attached hydrogen (secondary N) is 1. The van der Waals surface area contributed by atoms with E-state index in [-0.39, 0.29) is 0 Å². The monoisotopic (exact) mass is 225 g/mol. The van der Waals surface area contributed by atoms with Crippen molar-refractivity contribution in [1.29, 1.82) is 0 Å². The van der Waals surface area contributed by atoms with Gasteiger partial charge in [0.1, 0.15) is 0 Å². The van der Waals surface area contributed by atoms with Crippen molar-refractivity contribution >= 4 is 10.8 Å². The Kier molecular flexibility index (Phi) is 2.64. The fourth-order valence-electron chi connectivity index (χ4n) is 2.55. The van der Waals surface area contributed by atoms with Crippen LogP contribution in [-0.2, 0) is 6.54 Å². The van der Waals surface area contributed by atoms with Gasteiger partial charge in [-0.2, -0.15) is 0 Å². The molecule has 17 heavy (non-hydrogen) atoms. The summed E-state index contributed by atoms with van der Waals surface area (Å²) in [6.45, 7) is 3.32. The van der Waals surface area contributed by atoms with E-state index in [0.29, 0.717) is 5.54 Å². The van der Waals surface area contributed by atoms with E-state index in [1.165, 1.54) is 35.6 Å². The first-order valence-electron chi connectivity index (χ1n) is 6.48.